The van der Waals surface area contributed by atoms with Gasteiger partial charge in [-0.3, -0.25) is 4.79 Å². The lowest BCUT2D eigenvalue weighted by molar-refractivity contribution is -0.155. The Kier molecular flexibility index (Phi) is 4.17. The number of halogens is 1. The number of nitrogens with zero attached hydrogens (tertiary/aromatic N) is 3. The highest BCUT2D eigenvalue weighted by Gasteiger charge is 2.17. The molecule has 2 aromatic rings. The topological polar surface area (TPSA) is 83.0 Å². The molecular weight excluding hydrogens is 371 g/mol. The van der Waals surface area contributed by atoms with E-state index in [1.165, 1.54) is 6.33 Å². The van der Waals surface area contributed by atoms with Gasteiger partial charge in [0.25, 0.3) is 0 Å². The number of carbonyl (C=O) groups excluding carboxylic acids is 1. The van der Waals surface area contributed by atoms with Crippen molar-refractivity contribution in [3.8, 4) is 0 Å². The molecule has 0 aliphatic rings. The lowest BCUT2D eigenvalue weighted by Crippen LogP contribution is -2.24. The minimum absolute atomic E-state index is 0.226. The predicted molar refractivity (Wildman–Crippen MR) is 85.1 cm³/mol. The molecule has 0 radical (unpaired) electrons. The van der Waals surface area contributed by atoms with Gasteiger partial charge in [-0.2, -0.15) is 0 Å². The van der Waals surface area contributed by atoms with E-state index in [2.05, 4.69) is 32.6 Å². The number of aromatic nitrogens is 3. The summed E-state index contributed by atoms with van der Waals surface area (Å²) in [5.74, 6) is 0.229. The van der Waals surface area contributed by atoms with Crippen LogP contribution in [0.4, 0.5) is 5.82 Å². The summed E-state index contributed by atoms with van der Waals surface area (Å²) in [7, 11) is 0. The van der Waals surface area contributed by atoms with E-state index in [9.17, 15) is 4.79 Å². The Labute approximate surface area is 130 Å². The van der Waals surface area contributed by atoms with Crippen molar-refractivity contribution in [3.05, 3.63) is 16.1 Å². The second-order valence-electron chi connectivity index (χ2n) is 5.46. The van der Waals surface area contributed by atoms with Gasteiger partial charge in [-0.25, -0.2) is 9.97 Å². The Bertz CT molecular complexity index is 646. The third kappa shape index (κ3) is 3.38. The van der Waals surface area contributed by atoms with E-state index < -0.39 is 5.60 Å². The maximum Gasteiger partial charge on any atom is 0.308 e. The molecule has 0 aliphatic heterocycles. The molecule has 0 fully saturated rings. The van der Waals surface area contributed by atoms with Crippen LogP contribution in [0.2, 0.25) is 0 Å². The monoisotopic (exact) mass is 388 g/mol. The summed E-state index contributed by atoms with van der Waals surface area (Å²) >= 11 is 2.19. The molecule has 108 valence electrons. The van der Waals surface area contributed by atoms with Crippen molar-refractivity contribution in [2.45, 2.75) is 39.3 Å². The zero-order chi connectivity index (χ0) is 14.9. The lowest BCUT2D eigenvalue weighted by atomic mass is 10.2. The van der Waals surface area contributed by atoms with Crippen molar-refractivity contribution in [1.29, 1.82) is 0 Å². The second kappa shape index (κ2) is 5.55. The fourth-order valence-corrected chi connectivity index (χ4v) is 2.73. The summed E-state index contributed by atoms with van der Waals surface area (Å²) < 4.78 is 8.16. The summed E-state index contributed by atoms with van der Waals surface area (Å²) in [5.41, 5.74) is 6.13. The van der Waals surface area contributed by atoms with Gasteiger partial charge in [0.15, 0.2) is 0 Å². The number of hydrogen-bond donors (Lipinski definition) is 1. The summed E-state index contributed by atoms with van der Waals surface area (Å²) in [6.07, 6.45) is 3.64. The zero-order valence-corrected chi connectivity index (χ0v) is 13.8. The second-order valence-corrected chi connectivity index (χ2v) is 6.63. The predicted octanol–water partition coefficient (Wildman–Crippen LogP) is 2.35. The molecule has 7 heteroatoms. The van der Waals surface area contributed by atoms with Crippen LogP contribution < -0.4 is 5.73 Å². The highest BCUT2D eigenvalue weighted by atomic mass is 127. The number of nitrogen functional groups attached to an aromatic ring is 1. The van der Waals surface area contributed by atoms with Crippen LogP contribution in [0.5, 0.6) is 0 Å². The van der Waals surface area contributed by atoms with Crippen LogP contribution in [-0.4, -0.2) is 26.1 Å². The molecule has 0 amide bonds. The average molecular weight is 388 g/mol. The fourth-order valence-electron chi connectivity index (χ4n) is 1.87. The van der Waals surface area contributed by atoms with Crippen LogP contribution >= 0.6 is 22.6 Å². The third-order valence-corrected chi connectivity index (χ3v) is 3.43. The number of anilines is 1. The van der Waals surface area contributed by atoms with E-state index in [1.807, 2.05) is 31.5 Å². The first-order valence-corrected chi connectivity index (χ1v) is 7.32. The Morgan fingerprint density at radius 1 is 1.45 bits per heavy atom. The molecule has 0 saturated heterocycles. The van der Waals surface area contributed by atoms with Crippen molar-refractivity contribution in [2.24, 2.45) is 0 Å². The molecule has 0 spiro atoms. The quantitative estimate of drug-likeness (QED) is 0.645. The van der Waals surface area contributed by atoms with Crippen molar-refractivity contribution in [3.63, 3.8) is 0 Å². The molecule has 2 heterocycles. The third-order valence-electron chi connectivity index (χ3n) is 2.61. The highest BCUT2D eigenvalue weighted by molar-refractivity contribution is 14.1. The largest absolute Gasteiger partial charge is 0.460 e. The number of ether oxygens (including phenoxy) is 1. The van der Waals surface area contributed by atoms with Gasteiger partial charge in [-0.15, -0.1) is 0 Å². The van der Waals surface area contributed by atoms with Crippen LogP contribution in [0.3, 0.4) is 0 Å². The normalized spacial score (nSPS) is 11.8. The van der Waals surface area contributed by atoms with E-state index in [-0.39, 0.29) is 5.97 Å². The summed E-state index contributed by atoms with van der Waals surface area (Å²) in [5, 5.41) is 0.831. The van der Waals surface area contributed by atoms with Gasteiger partial charge < -0.3 is 15.0 Å². The SMILES string of the molecule is CC(C)(C)OC(=O)CCn1cc(I)c2c(N)ncnc21. The van der Waals surface area contributed by atoms with Gasteiger partial charge in [0, 0.05) is 16.3 Å². The van der Waals surface area contributed by atoms with Gasteiger partial charge in [0.2, 0.25) is 0 Å². The first-order chi connectivity index (χ1) is 9.28. The standard InChI is InChI=1S/C13H17IN4O2/c1-13(2,3)20-9(19)4-5-18-6-8(14)10-11(15)16-7-17-12(10)18/h6-7H,4-5H2,1-3H3,(H2,15,16,17). The Morgan fingerprint density at radius 2 is 2.15 bits per heavy atom. The summed E-state index contributed by atoms with van der Waals surface area (Å²) in [6.45, 7) is 6.07. The first kappa shape index (κ1) is 15.0. The van der Waals surface area contributed by atoms with Gasteiger partial charge >= 0.3 is 5.97 Å². The lowest BCUT2D eigenvalue weighted by Gasteiger charge is -2.19. The summed E-state index contributed by atoms with van der Waals surface area (Å²) in [6, 6.07) is 0. The van der Waals surface area contributed by atoms with Gasteiger partial charge in [-0.05, 0) is 43.4 Å². The molecule has 6 nitrogen and oxygen atoms in total. The smallest absolute Gasteiger partial charge is 0.308 e. The van der Waals surface area contributed by atoms with E-state index in [4.69, 9.17) is 10.5 Å². The Morgan fingerprint density at radius 3 is 2.80 bits per heavy atom. The maximum atomic E-state index is 11.7. The number of hydrogen-bond acceptors (Lipinski definition) is 5. The van der Waals surface area contributed by atoms with E-state index in [0.717, 1.165) is 14.6 Å². The van der Waals surface area contributed by atoms with Crippen molar-refractivity contribution < 1.29 is 9.53 Å². The average Bonchev–Trinajstić information content (AvgIpc) is 2.63. The molecular formula is C13H17IN4O2. The molecule has 0 aromatic carbocycles. The maximum absolute atomic E-state index is 11.7. The number of esters is 1. The van der Waals surface area contributed by atoms with E-state index >= 15 is 0 Å². The molecule has 0 aliphatic carbocycles. The minimum atomic E-state index is -0.461. The number of nitrogens with two attached hydrogens (primary N) is 1. The highest BCUT2D eigenvalue weighted by Crippen LogP contribution is 2.25. The number of fused-ring (bicyclic) bond motifs is 1. The van der Waals surface area contributed by atoms with Crippen LogP contribution in [-0.2, 0) is 16.1 Å². The molecule has 2 rings (SSSR count). The molecule has 2 aromatic heterocycles. The van der Waals surface area contributed by atoms with Crippen LogP contribution in [0.25, 0.3) is 11.0 Å². The van der Waals surface area contributed by atoms with Crippen LogP contribution in [0.1, 0.15) is 27.2 Å². The number of aryl methyl sites for hydroxylation is 1. The zero-order valence-electron chi connectivity index (χ0n) is 11.7. The Hall–Kier alpha value is -1.38. The van der Waals surface area contributed by atoms with Gasteiger partial charge in [0.05, 0.1) is 11.8 Å². The fraction of sp³-hybridized carbons (Fsp3) is 0.462. The van der Waals surface area contributed by atoms with Crippen LogP contribution in [0.15, 0.2) is 12.5 Å². The molecule has 0 saturated carbocycles. The van der Waals surface area contributed by atoms with Gasteiger partial charge in [-0.1, -0.05) is 0 Å². The number of rotatable bonds is 3. The van der Waals surface area contributed by atoms with Crippen molar-refractivity contribution >= 4 is 45.4 Å². The summed E-state index contributed by atoms with van der Waals surface area (Å²) in [4.78, 5) is 20.0. The minimum Gasteiger partial charge on any atom is -0.460 e. The molecule has 2 N–H and O–H groups in total. The molecule has 0 bridgehead atoms. The molecule has 20 heavy (non-hydrogen) atoms. The Balaban J connectivity index is 2.15. The molecule has 0 unspecified atom stereocenters. The number of carbonyl (C=O) groups is 1. The van der Waals surface area contributed by atoms with Crippen molar-refractivity contribution in [1.82, 2.24) is 14.5 Å². The van der Waals surface area contributed by atoms with E-state index in [0.29, 0.717) is 18.8 Å². The van der Waals surface area contributed by atoms with Crippen LogP contribution in [0, 0.1) is 3.57 Å². The van der Waals surface area contributed by atoms with Gasteiger partial charge in [0.1, 0.15) is 23.4 Å². The molecule has 0 atom stereocenters. The van der Waals surface area contributed by atoms with E-state index in [1.54, 1.807) is 0 Å². The first-order valence-electron chi connectivity index (χ1n) is 6.24. The van der Waals surface area contributed by atoms with Crippen molar-refractivity contribution in [2.75, 3.05) is 5.73 Å².